The van der Waals surface area contributed by atoms with Gasteiger partial charge in [0.25, 0.3) is 10.9 Å². The summed E-state index contributed by atoms with van der Waals surface area (Å²) in [6.45, 7) is 11.6. The first-order valence-corrected chi connectivity index (χ1v) is 9.06. The smallest absolute Gasteiger partial charge is 0.253 e. The maximum Gasteiger partial charge on any atom is 0.253 e. The molecule has 0 amide bonds. The Bertz CT molecular complexity index is 728. The Kier molecular flexibility index (Phi) is 7.69. The molecule has 132 valence electrons. The van der Waals surface area contributed by atoms with Gasteiger partial charge in [-0.1, -0.05) is 52.8 Å². The number of nitrogen functional groups attached to an aromatic ring is 1. The second-order valence-electron chi connectivity index (χ2n) is 5.40. The summed E-state index contributed by atoms with van der Waals surface area (Å²) >= 11 is 0. The molecule has 2 N–H and O–H groups in total. The van der Waals surface area contributed by atoms with E-state index in [0.29, 0.717) is 12.2 Å². The van der Waals surface area contributed by atoms with E-state index in [-0.39, 0.29) is 5.69 Å². The van der Waals surface area contributed by atoms with Crippen molar-refractivity contribution in [3.05, 3.63) is 55.3 Å². The van der Waals surface area contributed by atoms with Crippen molar-refractivity contribution in [1.29, 1.82) is 0 Å². The lowest BCUT2D eigenvalue weighted by molar-refractivity contribution is 0.761. The van der Waals surface area contributed by atoms with Crippen molar-refractivity contribution < 1.29 is 0 Å². The van der Waals surface area contributed by atoms with Crippen LogP contribution in [0.2, 0.25) is 0 Å². The van der Waals surface area contributed by atoms with Gasteiger partial charge in [0.2, 0.25) is 0 Å². The Morgan fingerprint density at radius 3 is 2.29 bits per heavy atom. The van der Waals surface area contributed by atoms with E-state index >= 15 is 0 Å². The summed E-state index contributed by atoms with van der Waals surface area (Å²) in [5.74, 6) is 0. The van der Waals surface area contributed by atoms with Crippen LogP contribution in [0.1, 0.15) is 57.7 Å². The van der Waals surface area contributed by atoms with Crippen LogP contribution in [0.5, 0.6) is 0 Å². The third kappa shape index (κ3) is 3.86. The molecular formula is C20H30N2O2. The molecule has 0 fully saturated rings. The van der Waals surface area contributed by atoms with E-state index in [4.69, 9.17) is 5.73 Å². The van der Waals surface area contributed by atoms with Gasteiger partial charge in [-0.2, -0.15) is 0 Å². The van der Waals surface area contributed by atoms with E-state index < -0.39 is 10.9 Å². The predicted octanol–water partition coefficient (Wildman–Crippen LogP) is 3.43. The zero-order valence-electron chi connectivity index (χ0n) is 15.6. The predicted molar refractivity (Wildman–Crippen MR) is 104 cm³/mol. The maximum atomic E-state index is 11.7. The van der Waals surface area contributed by atoms with Crippen LogP contribution in [0.15, 0.2) is 27.8 Å². The normalized spacial score (nSPS) is 13.1. The summed E-state index contributed by atoms with van der Waals surface area (Å²) in [4.78, 5) is 24.9. The minimum Gasteiger partial charge on any atom is -0.394 e. The molecule has 1 aliphatic rings. The Balaban J connectivity index is 0.000000671. The van der Waals surface area contributed by atoms with Crippen LogP contribution in [0.3, 0.4) is 0 Å². The van der Waals surface area contributed by atoms with Crippen LogP contribution < -0.4 is 21.5 Å². The summed E-state index contributed by atoms with van der Waals surface area (Å²) in [5, 5.41) is 0. The van der Waals surface area contributed by atoms with Crippen molar-refractivity contribution in [3.63, 3.8) is 0 Å². The summed E-state index contributed by atoms with van der Waals surface area (Å²) in [7, 11) is 0. The topological polar surface area (TPSA) is 63.4 Å². The monoisotopic (exact) mass is 330 g/mol. The summed E-state index contributed by atoms with van der Waals surface area (Å²) in [6.07, 6.45) is 2.97. The zero-order valence-corrected chi connectivity index (χ0v) is 15.6. The number of nitrogens with two attached hydrogens (primary N) is 1. The van der Waals surface area contributed by atoms with Gasteiger partial charge < -0.3 is 10.6 Å². The number of fused-ring (bicyclic) bond motifs is 1. The van der Waals surface area contributed by atoms with Gasteiger partial charge in [-0.25, -0.2) is 0 Å². The van der Waals surface area contributed by atoms with Gasteiger partial charge >= 0.3 is 0 Å². The molecule has 24 heavy (non-hydrogen) atoms. The fourth-order valence-corrected chi connectivity index (χ4v) is 2.94. The van der Waals surface area contributed by atoms with Gasteiger partial charge in [-0.15, -0.1) is 0 Å². The summed E-state index contributed by atoms with van der Waals surface area (Å²) < 4.78 is 0. The van der Waals surface area contributed by atoms with Crippen molar-refractivity contribution in [1.82, 2.24) is 0 Å². The number of anilines is 2. The lowest BCUT2D eigenvalue weighted by Gasteiger charge is -2.25. The molecule has 0 radical (unpaired) electrons. The molecule has 1 aliphatic heterocycles. The van der Waals surface area contributed by atoms with E-state index in [0.717, 1.165) is 25.8 Å². The number of nitrogens with zero attached hydrogens (tertiary/aromatic N) is 1. The van der Waals surface area contributed by atoms with Crippen LogP contribution >= 0.6 is 0 Å². The average Bonchev–Trinajstić information content (AvgIpc) is 2.86. The fourth-order valence-electron chi connectivity index (χ4n) is 2.94. The molecule has 0 saturated heterocycles. The molecule has 3 rings (SSSR count). The number of hydrogen-bond acceptors (Lipinski definition) is 4. The first kappa shape index (κ1) is 19.9. The minimum atomic E-state index is -0.535. The van der Waals surface area contributed by atoms with Crippen molar-refractivity contribution in [2.75, 3.05) is 17.2 Å². The Morgan fingerprint density at radius 2 is 1.71 bits per heavy atom. The highest BCUT2D eigenvalue weighted by atomic mass is 16.2. The first-order chi connectivity index (χ1) is 11.6. The maximum absolute atomic E-state index is 11.7. The van der Waals surface area contributed by atoms with Gasteiger partial charge in [0.1, 0.15) is 11.4 Å². The van der Waals surface area contributed by atoms with Crippen LogP contribution in [-0.2, 0) is 19.4 Å². The molecular weight excluding hydrogens is 300 g/mol. The highest BCUT2D eigenvalue weighted by molar-refractivity contribution is 5.72. The van der Waals surface area contributed by atoms with Crippen LogP contribution in [0, 0.1) is 0 Å². The van der Waals surface area contributed by atoms with Crippen molar-refractivity contribution in [3.8, 4) is 0 Å². The lowest BCUT2D eigenvalue weighted by Crippen LogP contribution is -2.42. The van der Waals surface area contributed by atoms with Crippen LogP contribution in [0.25, 0.3) is 0 Å². The minimum absolute atomic E-state index is 0.130. The second kappa shape index (κ2) is 9.26. The average molecular weight is 330 g/mol. The molecule has 0 aromatic heterocycles. The van der Waals surface area contributed by atoms with Gasteiger partial charge in [0.15, 0.2) is 0 Å². The molecule has 2 aromatic carbocycles. The standard InChI is InChI=1S/C16H18N2O2.2C2H6/c1-2-10-5-6-11-4-3-7-18(9-12(11)8-10)14-13(17)15(19)16(14)20;2*1-2/h5-6,8H,2-4,7,9,17H2,1H3;2*1-2H3. The number of rotatable bonds is 2. The number of aryl methyl sites for hydroxylation is 2. The first-order valence-electron chi connectivity index (χ1n) is 9.06. The fraction of sp³-hybridized carbons (Fsp3) is 0.500. The van der Waals surface area contributed by atoms with Crippen molar-refractivity contribution >= 4 is 11.4 Å². The quantitative estimate of drug-likeness (QED) is 0.857. The van der Waals surface area contributed by atoms with Crippen LogP contribution in [0.4, 0.5) is 11.4 Å². The van der Waals surface area contributed by atoms with Gasteiger partial charge in [-0.3, -0.25) is 9.59 Å². The molecule has 1 heterocycles. The molecule has 0 aliphatic carbocycles. The van der Waals surface area contributed by atoms with Gasteiger partial charge in [0, 0.05) is 13.1 Å². The van der Waals surface area contributed by atoms with Gasteiger partial charge in [-0.05, 0) is 36.0 Å². The van der Waals surface area contributed by atoms with E-state index in [1.54, 1.807) is 0 Å². The van der Waals surface area contributed by atoms with E-state index in [9.17, 15) is 9.59 Å². The third-order valence-electron chi connectivity index (χ3n) is 4.15. The number of benzene rings is 1. The van der Waals surface area contributed by atoms with E-state index in [1.165, 1.54) is 16.7 Å². The SMILES string of the molecule is CC.CC.CCc1ccc2c(c1)CN(c1c(N)c(=O)c1=O)CCC2. The van der Waals surface area contributed by atoms with Crippen molar-refractivity contribution in [2.45, 2.75) is 60.4 Å². The Labute approximate surface area is 145 Å². The zero-order chi connectivity index (χ0) is 18.3. The van der Waals surface area contributed by atoms with E-state index in [1.807, 2.05) is 32.6 Å². The van der Waals surface area contributed by atoms with E-state index in [2.05, 4.69) is 25.1 Å². The number of hydrogen-bond donors (Lipinski definition) is 1. The molecule has 0 saturated carbocycles. The Hall–Kier alpha value is -2.10. The molecule has 2 aromatic rings. The Morgan fingerprint density at radius 1 is 1.04 bits per heavy atom. The molecule has 4 heteroatoms. The highest BCUT2D eigenvalue weighted by Gasteiger charge is 2.25. The molecule has 0 unspecified atom stereocenters. The second-order valence-corrected chi connectivity index (χ2v) is 5.40. The largest absolute Gasteiger partial charge is 0.394 e. The summed E-state index contributed by atoms with van der Waals surface area (Å²) in [5.41, 5.74) is 9.14. The molecule has 0 spiro atoms. The van der Waals surface area contributed by atoms with Gasteiger partial charge in [0.05, 0.1) is 0 Å². The van der Waals surface area contributed by atoms with Crippen LogP contribution in [-0.4, -0.2) is 6.54 Å². The lowest BCUT2D eigenvalue weighted by atomic mass is 10.00. The highest BCUT2D eigenvalue weighted by Crippen LogP contribution is 2.26. The third-order valence-corrected chi connectivity index (χ3v) is 4.15. The molecule has 0 atom stereocenters. The summed E-state index contributed by atoms with van der Waals surface area (Å²) in [6, 6.07) is 6.55. The molecule has 4 nitrogen and oxygen atoms in total. The molecule has 0 bridgehead atoms. The van der Waals surface area contributed by atoms with Crippen molar-refractivity contribution in [2.24, 2.45) is 0 Å².